The summed E-state index contributed by atoms with van der Waals surface area (Å²) in [6.07, 6.45) is -4.41. The summed E-state index contributed by atoms with van der Waals surface area (Å²) in [5, 5.41) is 1.26. The fraction of sp³-hybridized carbons (Fsp3) is 0.250. The zero-order valence-corrected chi connectivity index (χ0v) is 10.7. The van der Waals surface area contributed by atoms with Crippen molar-refractivity contribution in [1.82, 2.24) is 4.98 Å². The minimum absolute atomic E-state index is 0.00702. The van der Waals surface area contributed by atoms with E-state index in [4.69, 9.17) is 9.47 Å². The molecule has 0 aliphatic carbocycles. The van der Waals surface area contributed by atoms with Crippen molar-refractivity contribution in [2.45, 2.75) is 12.8 Å². The summed E-state index contributed by atoms with van der Waals surface area (Å²) in [6.45, 7) is 0.00702. The molecule has 0 atom stereocenters. The second-order valence-corrected chi connectivity index (χ2v) is 4.53. The molecule has 7 heteroatoms. The molecule has 3 nitrogen and oxygen atoms in total. The number of benzene rings is 1. The van der Waals surface area contributed by atoms with Gasteiger partial charge in [0.05, 0.1) is 7.11 Å². The SMILES string of the molecule is COc1ccc(OCc2nc(C(F)(F)F)cs2)cc1. The van der Waals surface area contributed by atoms with Gasteiger partial charge in [0, 0.05) is 5.38 Å². The molecule has 102 valence electrons. The van der Waals surface area contributed by atoms with E-state index in [1.54, 1.807) is 31.4 Å². The normalized spacial score (nSPS) is 11.4. The fourth-order valence-corrected chi connectivity index (χ4v) is 2.04. The molecule has 2 aromatic rings. The fourth-order valence-electron chi connectivity index (χ4n) is 1.32. The maximum Gasteiger partial charge on any atom is 0.434 e. The zero-order valence-electron chi connectivity index (χ0n) is 9.90. The number of methoxy groups -OCH3 is 1. The summed E-state index contributed by atoms with van der Waals surface area (Å²) >= 11 is 0.923. The van der Waals surface area contributed by atoms with Crippen LogP contribution in [0.1, 0.15) is 10.7 Å². The largest absolute Gasteiger partial charge is 0.497 e. The van der Waals surface area contributed by atoms with Gasteiger partial charge in [-0.15, -0.1) is 11.3 Å². The minimum atomic E-state index is -4.41. The third kappa shape index (κ3) is 3.60. The lowest BCUT2D eigenvalue weighted by atomic mass is 10.3. The van der Waals surface area contributed by atoms with Gasteiger partial charge in [-0.2, -0.15) is 13.2 Å². The third-order valence-corrected chi connectivity index (χ3v) is 3.09. The molecule has 19 heavy (non-hydrogen) atoms. The van der Waals surface area contributed by atoms with Crippen molar-refractivity contribution in [3.63, 3.8) is 0 Å². The highest BCUT2D eigenvalue weighted by molar-refractivity contribution is 7.09. The molecule has 2 rings (SSSR count). The molecule has 1 aromatic heterocycles. The van der Waals surface area contributed by atoms with Crippen molar-refractivity contribution in [1.29, 1.82) is 0 Å². The molecule has 0 saturated carbocycles. The number of ether oxygens (including phenoxy) is 2. The van der Waals surface area contributed by atoms with E-state index in [9.17, 15) is 13.2 Å². The Morgan fingerprint density at radius 3 is 2.32 bits per heavy atom. The van der Waals surface area contributed by atoms with Gasteiger partial charge >= 0.3 is 6.18 Å². The summed E-state index contributed by atoms with van der Waals surface area (Å²) in [4.78, 5) is 3.47. The monoisotopic (exact) mass is 289 g/mol. The first-order valence-corrected chi connectivity index (χ1v) is 6.15. The van der Waals surface area contributed by atoms with Crippen LogP contribution >= 0.6 is 11.3 Å². The van der Waals surface area contributed by atoms with Gasteiger partial charge in [-0.25, -0.2) is 4.98 Å². The maximum atomic E-state index is 12.3. The van der Waals surface area contributed by atoms with E-state index in [-0.39, 0.29) is 11.6 Å². The van der Waals surface area contributed by atoms with E-state index in [1.807, 2.05) is 0 Å². The number of hydrogen-bond acceptors (Lipinski definition) is 4. The lowest BCUT2D eigenvalue weighted by Crippen LogP contribution is -2.05. The Kier molecular flexibility index (Phi) is 3.94. The van der Waals surface area contributed by atoms with Gasteiger partial charge in [0.25, 0.3) is 0 Å². The molecule has 0 fully saturated rings. The molecule has 0 unspecified atom stereocenters. The molecule has 0 spiro atoms. The summed E-state index contributed by atoms with van der Waals surface area (Å²) in [7, 11) is 1.55. The maximum absolute atomic E-state index is 12.3. The molecule has 0 radical (unpaired) electrons. The number of hydrogen-bond donors (Lipinski definition) is 0. The Morgan fingerprint density at radius 2 is 1.79 bits per heavy atom. The van der Waals surface area contributed by atoms with Crippen molar-refractivity contribution < 1.29 is 22.6 Å². The van der Waals surface area contributed by atoms with Crippen molar-refractivity contribution in [2.24, 2.45) is 0 Å². The topological polar surface area (TPSA) is 31.4 Å². The van der Waals surface area contributed by atoms with Crippen LogP contribution in [0.2, 0.25) is 0 Å². The molecule has 0 amide bonds. The number of aromatic nitrogens is 1. The first-order valence-electron chi connectivity index (χ1n) is 5.27. The van der Waals surface area contributed by atoms with E-state index >= 15 is 0 Å². The summed E-state index contributed by atoms with van der Waals surface area (Å²) in [6, 6.07) is 6.77. The van der Waals surface area contributed by atoms with Crippen molar-refractivity contribution in [2.75, 3.05) is 7.11 Å². The molecule has 0 saturated heterocycles. The highest BCUT2D eigenvalue weighted by Gasteiger charge is 2.33. The quantitative estimate of drug-likeness (QED) is 0.859. The van der Waals surface area contributed by atoms with Crippen LogP contribution in [0.3, 0.4) is 0 Å². The predicted octanol–water partition coefficient (Wildman–Crippen LogP) is 3.75. The molecule has 0 aliphatic heterocycles. The summed E-state index contributed by atoms with van der Waals surface area (Å²) in [5.41, 5.74) is -0.883. The van der Waals surface area contributed by atoms with Crippen molar-refractivity contribution in [3.8, 4) is 11.5 Å². The van der Waals surface area contributed by atoms with Crippen LogP contribution in [-0.4, -0.2) is 12.1 Å². The molecular weight excluding hydrogens is 279 g/mol. The van der Waals surface area contributed by atoms with E-state index in [0.29, 0.717) is 11.5 Å². The van der Waals surface area contributed by atoms with Crippen molar-refractivity contribution >= 4 is 11.3 Å². The summed E-state index contributed by atoms with van der Waals surface area (Å²) < 4.78 is 47.3. The average molecular weight is 289 g/mol. The third-order valence-electron chi connectivity index (χ3n) is 2.26. The van der Waals surface area contributed by atoms with Gasteiger partial charge in [-0.3, -0.25) is 0 Å². The Morgan fingerprint density at radius 1 is 1.16 bits per heavy atom. The van der Waals surface area contributed by atoms with Gasteiger partial charge in [-0.05, 0) is 24.3 Å². The second kappa shape index (κ2) is 5.48. The Balaban J connectivity index is 1.96. The van der Waals surface area contributed by atoms with Crippen LogP contribution in [-0.2, 0) is 12.8 Å². The van der Waals surface area contributed by atoms with Gasteiger partial charge < -0.3 is 9.47 Å². The number of thiazole rings is 1. The Hall–Kier alpha value is -1.76. The van der Waals surface area contributed by atoms with Gasteiger partial charge in [0.2, 0.25) is 0 Å². The molecule has 1 aromatic carbocycles. The second-order valence-electron chi connectivity index (χ2n) is 3.59. The zero-order chi connectivity index (χ0) is 13.9. The van der Waals surface area contributed by atoms with Gasteiger partial charge in [0.1, 0.15) is 23.1 Å². The standard InChI is InChI=1S/C12H10F3NO2S/c1-17-8-2-4-9(5-3-8)18-6-11-16-10(7-19-11)12(13,14)15/h2-5,7H,6H2,1H3. The lowest BCUT2D eigenvalue weighted by molar-refractivity contribution is -0.140. The van der Waals surface area contributed by atoms with E-state index < -0.39 is 11.9 Å². The van der Waals surface area contributed by atoms with Crippen LogP contribution in [0.5, 0.6) is 11.5 Å². The highest BCUT2D eigenvalue weighted by atomic mass is 32.1. The summed E-state index contributed by atoms with van der Waals surface area (Å²) in [5.74, 6) is 1.23. The van der Waals surface area contributed by atoms with Gasteiger partial charge in [-0.1, -0.05) is 0 Å². The lowest BCUT2D eigenvalue weighted by Gasteiger charge is -2.05. The minimum Gasteiger partial charge on any atom is -0.497 e. The molecule has 1 heterocycles. The van der Waals surface area contributed by atoms with Crippen LogP contribution in [0.4, 0.5) is 13.2 Å². The number of nitrogens with zero attached hydrogens (tertiary/aromatic N) is 1. The van der Waals surface area contributed by atoms with Gasteiger partial charge in [0.15, 0.2) is 5.69 Å². The van der Waals surface area contributed by atoms with E-state index in [0.717, 1.165) is 16.7 Å². The molecule has 0 bridgehead atoms. The van der Waals surface area contributed by atoms with E-state index in [2.05, 4.69) is 4.98 Å². The Labute approximate surface area is 111 Å². The molecular formula is C12H10F3NO2S. The van der Waals surface area contributed by atoms with Crippen LogP contribution in [0.25, 0.3) is 0 Å². The molecule has 0 aliphatic rings. The number of alkyl halides is 3. The average Bonchev–Trinajstić information content (AvgIpc) is 2.86. The molecule has 0 N–H and O–H groups in total. The van der Waals surface area contributed by atoms with Crippen LogP contribution in [0, 0.1) is 0 Å². The van der Waals surface area contributed by atoms with Crippen LogP contribution < -0.4 is 9.47 Å². The first kappa shape index (κ1) is 13.7. The van der Waals surface area contributed by atoms with Crippen molar-refractivity contribution in [3.05, 3.63) is 40.3 Å². The number of rotatable bonds is 4. The number of halogens is 3. The van der Waals surface area contributed by atoms with E-state index in [1.165, 1.54) is 0 Å². The highest BCUT2D eigenvalue weighted by Crippen LogP contribution is 2.30. The smallest absolute Gasteiger partial charge is 0.434 e. The first-order chi connectivity index (χ1) is 8.99. The van der Waals surface area contributed by atoms with Crippen LogP contribution in [0.15, 0.2) is 29.6 Å². The Bertz CT molecular complexity index is 537. The predicted molar refractivity (Wildman–Crippen MR) is 64.4 cm³/mol.